The van der Waals surface area contributed by atoms with Gasteiger partial charge in [-0.3, -0.25) is 0 Å². The van der Waals surface area contributed by atoms with Crippen molar-refractivity contribution >= 4 is 15.9 Å². The number of rotatable bonds is 1. The Morgan fingerprint density at radius 2 is 2.38 bits per heavy atom. The van der Waals surface area contributed by atoms with E-state index in [1.807, 2.05) is 18.2 Å². The summed E-state index contributed by atoms with van der Waals surface area (Å²) in [6.45, 7) is 0.376. The zero-order valence-corrected chi connectivity index (χ0v) is 8.45. The van der Waals surface area contributed by atoms with Crippen LogP contribution < -0.4 is 9.47 Å². The number of ether oxygens (including phenoxy) is 2. The van der Waals surface area contributed by atoms with E-state index in [4.69, 9.17) is 14.6 Å². The van der Waals surface area contributed by atoms with Crippen LogP contribution in [-0.4, -0.2) is 24.4 Å². The van der Waals surface area contributed by atoms with Gasteiger partial charge in [-0.25, -0.2) is 0 Å². The van der Waals surface area contributed by atoms with Gasteiger partial charge in [0.25, 0.3) is 0 Å². The van der Waals surface area contributed by atoms with E-state index in [-0.39, 0.29) is 12.7 Å². The van der Waals surface area contributed by atoms with Gasteiger partial charge in [-0.2, -0.15) is 0 Å². The molecule has 1 aromatic carbocycles. The maximum atomic E-state index is 8.89. The molecule has 0 fully saturated rings. The molecule has 13 heavy (non-hydrogen) atoms. The van der Waals surface area contributed by atoms with E-state index in [1.54, 1.807) is 0 Å². The standard InChI is InChI=1S/C9H9BrO3/c10-7-2-1-3-8-9(7)13-6(4-11)5-12-8/h1-3,6,11H,4-5H2/t6-/m0/s1. The first-order valence-corrected chi connectivity index (χ1v) is 4.79. The molecule has 3 nitrogen and oxygen atoms in total. The molecule has 1 heterocycles. The summed E-state index contributed by atoms with van der Waals surface area (Å²) in [6.07, 6.45) is -0.258. The summed E-state index contributed by atoms with van der Waals surface area (Å²) in [6, 6.07) is 5.60. The molecule has 1 aliphatic heterocycles. The Labute approximate surface area is 84.4 Å². The second kappa shape index (κ2) is 3.55. The Morgan fingerprint density at radius 1 is 1.54 bits per heavy atom. The molecule has 0 spiro atoms. The third-order valence-electron chi connectivity index (χ3n) is 1.84. The van der Waals surface area contributed by atoms with Crippen LogP contribution in [0, 0.1) is 0 Å². The highest BCUT2D eigenvalue weighted by molar-refractivity contribution is 9.10. The van der Waals surface area contributed by atoms with Crippen molar-refractivity contribution in [1.29, 1.82) is 0 Å². The number of benzene rings is 1. The van der Waals surface area contributed by atoms with Crippen molar-refractivity contribution in [3.8, 4) is 11.5 Å². The minimum atomic E-state index is -0.258. The van der Waals surface area contributed by atoms with Crippen LogP contribution in [0.5, 0.6) is 11.5 Å². The quantitative estimate of drug-likeness (QED) is 0.816. The number of aliphatic hydroxyl groups is 1. The maximum absolute atomic E-state index is 8.89. The number of fused-ring (bicyclic) bond motifs is 1. The largest absolute Gasteiger partial charge is 0.486 e. The summed E-state index contributed by atoms with van der Waals surface area (Å²) in [5.41, 5.74) is 0. The van der Waals surface area contributed by atoms with Crippen LogP contribution >= 0.6 is 15.9 Å². The highest BCUT2D eigenvalue weighted by atomic mass is 79.9. The van der Waals surface area contributed by atoms with Gasteiger partial charge in [-0.1, -0.05) is 6.07 Å². The maximum Gasteiger partial charge on any atom is 0.176 e. The Hall–Kier alpha value is -0.740. The van der Waals surface area contributed by atoms with Crippen LogP contribution in [0.15, 0.2) is 22.7 Å². The molecule has 1 aliphatic rings. The lowest BCUT2D eigenvalue weighted by Gasteiger charge is -2.25. The summed E-state index contributed by atoms with van der Waals surface area (Å²) in [5, 5.41) is 8.89. The van der Waals surface area contributed by atoms with Crippen LogP contribution in [0.2, 0.25) is 0 Å². The Kier molecular flexibility index (Phi) is 2.42. The van der Waals surface area contributed by atoms with E-state index < -0.39 is 0 Å². The molecule has 1 aromatic rings. The van der Waals surface area contributed by atoms with Gasteiger partial charge in [0, 0.05) is 0 Å². The number of aliphatic hydroxyl groups excluding tert-OH is 1. The third kappa shape index (κ3) is 1.64. The molecule has 0 saturated carbocycles. The van der Waals surface area contributed by atoms with Gasteiger partial charge in [0.2, 0.25) is 0 Å². The summed E-state index contributed by atoms with van der Waals surface area (Å²) >= 11 is 3.35. The van der Waals surface area contributed by atoms with Crippen LogP contribution in [0.3, 0.4) is 0 Å². The number of hydrogen-bond acceptors (Lipinski definition) is 3. The first-order chi connectivity index (χ1) is 6.31. The van der Waals surface area contributed by atoms with Crippen LogP contribution in [-0.2, 0) is 0 Å². The first-order valence-electron chi connectivity index (χ1n) is 4.00. The second-order valence-corrected chi connectivity index (χ2v) is 3.65. The molecule has 1 atom stereocenters. The monoisotopic (exact) mass is 244 g/mol. The molecule has 0 amide bonds. The van der Waals surface area contributed by atoms with Crippen LogP contribution in [0.25, 0.3) is 0 Å². The lowest BCUT2D eigenvalue weighted by molar-refractivity contribution is 0.0449. The number of para-hydroxylation sites is 1. The van der Waals surface area contributed by atoms with Crippen molar-refractivity contribution in [2.45, 2.75) is 6.10 Å². The smallest absolute Gasteiger partial charge is 0.176 e. The van der Waals surface area contributed by atoms with Gasteiger partial charge in [0.1, 0.15) is 6.61 Å². The molecule has 0 radical (unpaired) electrons. The molecule has 70 valence electrons. The van der Waals surface area contributed by atoms with Gasteiger partial charge in [0.05, 0.1) is 11.1 Å². The summed E-state index contributed by atoms with van der Waals surface area (Å²) in [4.78, 5) is 0. The Balaban J connectivity index is 2.32. The second-order valence-electron chi connectivity index (χ2n) is 2.80. The molecular formula is C9H9BrO3. The first kappa shape index (κ1) is 8.84. The van der Waals surface area contributed by atoms with E-state index >= 15 is 0 Å². The fourth-order valence-corrected chi connectivity index (χ4v) is 1.63. The number of hydrogen-bond donors (Lipinski definition) is 1. The predicted octanol–water partition coefficient (Wildman–Crippen LogP) is 1.58. The van der Waals surface area contributed by atoms with Gasteiger partial charge in [0.15, 0.2) is 17.6 Å². The molecule has 1 N–H and O–H groups in total. The minimum Gasteiger partial charge on any atom is -0.486 e. The van der Waals surface area contributed by atoms with E-state index in [0.29, 0.717) is 12.4 Å². The average Bonchev–Trinajstić information content (AvgIpc) is 2.18. The summed E-state index contributed by atoms with van der Waals surface area (Å²) in [7, 11) is 0. The fraction of sp³-hybridized carbons (Fsp3) is 0.333. The van der Waals surface area contributed by atoms with E-state index in [9.17, 15) is 0 Å². The zero-order valence-electron chi connectivity index (χ0n) is 6.87. The molecule has 0 aliphatic carbocycles. The van der Waals surface area contributed by atoms with E-state index in [2.05, 4.69) is 15.9 Å². The lowest BCUT2D eigenvalue weighted by atomic mass is 10.3. The molecule has 2 rings (SSSR count). The molecule has 0 saturated heterocycles. The van der Waals surface area contributed by atoms with Crippen LogP contribution in [0.4, 0.5) is 0 Å². The van der Waals surface area contributed by atoms with Gasteiger partial charge in [-0.15, -0.1) is 0 Å². The van der Waals surface area contributed by atoms with Crippen molar-refractivity contribution in [3.05, 3.63) is 22.7 Å². The SMILES string of the molecule is OC[C@H]1COc2cccc(Br)c2O1. The normalized spacial score (nSPS) is 20.0. The third-order valence-corrected chi connectivity index (χ3v) is 2.47. The predicted molar refractivity (Wildman–Crippen MR) is 51.1 cm³/mol. The topological polar surface area (TPSA) is 38.7 Å². The highest BCUT2D eigenvalue weighted by Crippen LogP contribution is 2.38. The van der Waals surface area contributed by atoms with Crippen molar-refractivity contribution in [3.63, 3.8) is 0 Å². The lowest BCUT2D eigenvalue weighted by Crippen LogP contribution is -2.32. The van der Waals surface area contributed by atoms with Gasteiger partial charge >= 0.3 is 0 Å². The fourth-order valence-electron chi connectivity index (χ4n) is 1.19. The molecule has 0 unspecified atom stereocenters. The Morgan fingerprint density at radius 3 is 3.15 bits per heavy atom. The van der Waals surface area contributed by atoms with Crippen molar-refractivity contribution < 1.29 is 14.6 Å². The summed E-state index contributed by atoms with van der Waals surface area (Å²) < 4.78 is 11.7. The van der Waals surface area contributed by atoms with Crippen LogP contribution in [0.1, 0.15) is 0 Å². The molecular weight excluding hydrogens is 236 g/mol. The summed E-state index contributed by atoms with van der Waals surface area (Å²) in [5.74, 6) is 1.40. The molecule has 0 bridgehead atoms. The van der Waals surface area contributed by atoms with E-state index in [1.165, 1.54) is 0 Å². The van der Waals surface area contributed by atoms with Gasteiger partial charge in [-0.05, 0) is 28.1 Å². The minimum absolute atomic E-state index is 0.0270. The van der Waals surface area contributed by atoms with Crippen molar-refractivity contribution in [2.75, 3.05) is 13.2 Å². The highest BCUT2D eigenvalue weighted by Gasteiger charge is 2.21. The number of halogens is 1. The van der Waals surface area contributed by atoms with Crippen molar-refractivity contribution in [1.82, 2.24) is 0 Å². The van der Waals surface area contributed by atoms with E-state index in [0.717, 1.165) is 10.2 Å². The average molecular weight is 245 g/mol. The Bertz CT molecular complexity index is 314. The molecule has 4 heteroatoms. The zero-order chi connectivity index (χ0) is 9.26. The molecule has 0 aromatic heterocycles. The van der Waals surface area contributed by atoms with Gasteiger partial charge < -0.3 is 14.6 Å². The van der Waals surface area contributed by atoms with Crippen molar-refractivity contribution in [2.24, 2.45) is 0 Å².